The van der Waals surface area contributed by atoms with Gasteiger partial charge in [-0.25, -0.2) is 4.79 Å². The molecule has 2 aliphatic heterocycles. The monoisotopic (exact) mass is 482 g/mol. The van der Waals surface area contributed by atoms with Crippen LogP contribution in [0, 0.1) is 0 Å². The van der Waals surface area contributed by atoms with E-state index >= 15 is 0 Å². The van der Waals surface area contributed by atoms with Crippen molar-refractivity contribution in [3.8, 4) is 0 Å². The summed E-state index contributed by atoms with van der Waals surface area (Å²) < 4.78 is 5.34. The second-order valence-corrected chi connectivity index (χ2v) is 8.71. The van der Waals surface area contributed by atoms with E-state index in [1.165, 1.54) is 17.7 Å². The fraction of sp³-hybridized carbons (Fsp3) is 0.625. The quantitative estimate of drug-likeness (QED) is 0.713. The van der Waals surface area contributed by atoms with E-state index in [0.29, 0.717) is 13.0 Å². The van der Waals surface area contributed by atoms with E-state index in [-0.39, 0.29) is 36.9 Å². The van der Waals surface area contributed by atoms with Crippen molar-refractivity contribution < 1.29 is 19.1 Å². The van der Waals surface area contributed by atoms with Crippen LogP contribution in [0.2, 0.25) is 0 Å². The van der Waals surface area contributed by atoms with Gasteiger partial charge >= 0.3 is 6.09 Å². The molecule has 0 spiro atoms. The van der Waals surface area contributed by atoms with Crippen molar-refractivity contribution in [2.75, 3.05) is 41.3 Å². The van der Waals surface area contributed by atoms with Crippen molar-refractivity contribution in [3.63, 3.8) is 0 Å². The van der Waals surface area contributed by atoms with Gasteiger partial charge in [-0.3, -0.25) is 14.5 Å². The average molecular weight is 483 g/mol. The maximum atomic E-state index is 12.2. The third-order valence-electron chi connectivity index (χ3n) is 5.72. The number of nitrogens with zero attached hydrogens (tertiary/aromatic N) is 3. The van der Waals surface area contributed by atoms with Crippen molar-refractivity contribution in [1.82, 2.24) is 20.0 Å². The number of hydrogen-bond acceptors (Lipinski definition) is 5. The number of carbonyl (C=O) groups excluding carboxylic acids is 3. The van der Waals surface area contributed by atoms with Crippen molar-refractivity contribution in [2.24, 2.45) is 0 Å². The number of piperidine rings is 2. The van der Waals surface area contributed by atoms with E-state index < -0.39 is 12.1 Å². The van der Waals surface area contributed by atoms with Crippen molar-refractivity contribution in [1.29, 1.82) is 0 Å². The second-order valence-electron chi connectivity index (χ2n) is 8.71. The number of amides is 3. The molecule has 2 fully saturated rings. The van der Waals surface area contributed by atoms with Crippen molar-refractivity contribution in [2.45, 2.75) is 57.2 Å². The molecule has 33 heavy (non-hydrogen) atoms. The van der Waals surface area contributed by atoms with Crippen LogP contribution < -0.4 is 5.32 Å². The molecular formula is C24H39ClN4O4. The third kappa shape index (κ3) is 9.21. The molecule has 0 aromatic heterocycles. The first-order valence-corrected chi connectivity index (χ1v) is 11.4. The van der Waals surface area contributed by atoms with Gasteiger partial charge in [0.05, 0.1) is 6.04 Å². The normalized spacial score (nSPS) is 19.8. The highest BCUT2D eigenvalue weighted by atomic mass is 35.5. The molecular weight excluding hydrogens is 444 g/mol. The molecule has 2 atom stereocenters. The molecule has 2 saturated heterocycles. The SMILES string of the molecule is CN(C)C(=O)[C@@H]1CCCCN1.CN(C)C(=O)[C@@H]1CCCCN1C(=O)OCc1ccccc1.Cl. The molecule has 0 radical (unpaired) electrons. The van der Waals surface area contributed by atoms with E-state index in [0.717, 1.165) is 31.4 Å². The number of ether oxygens (including phenoxy) is 1. The van der Waals surface area contributed by atoms with E-state index in [2.05, 4.69) is 5.32 Å². The van der Waals surface area contributed by atoms with Crippen LogP contribution in [0.5, 0.6) is 0 Å². The molecule has 9 heteroatoms. The van der Waals surface area contributed by atoms with Crippen LogP contribution in [0.3, 0.4) is 0 Å². The smallest absolute Gasteiger partial charge is 0.410 e. The second kappa shape index (κ2) is 14.8. The summed E-state index contributed by atoms with van der Waals surface area (Å²) in [6.45, 7) is 1.81. The minimum Gasteiger partial charge on any atom is -0.445 e. The fourth-order valence-electron chi connectivity index (χ4n) is 3.88. The van der Waals surface area contributed by atoms with Crippen LogP contribution in [-0.4, -0.2) is 86.0 Å². The van der Waals surface area contributed by atoms with Gasteiger partial charge in [-0.1, -0.05) is 36.8 Å². The molecule has 1 aromatic carbocycles. The summed E-state index contributed by atoms with van der Waals surface area (Å²) in [5, 5.41) is 3.21. The molecule has 1 N–H and O–H groups in total. The van der Waals surface area contributed by atoms with Crippen LogP contribution in [-0.2, 0) is 20.9 Å². The Labute approximate surface area is 204 Å². The summed E-state index contributed by atoms with van der Waals surface area (Å²) in [4.78, 5) is 40.5. The maximum absolute atomic E-state index is 12.2. The lowest BCUT2D eigenvalue weighted by molar-refractivity contribution is -0.135. The van der Waals surface area contributed by atoms with Crippen LogP contribution in [0.15, 0.2) is 30.3 Å². The third-order valence-corrected chi connectivity index (χ3v) is 5.72. The summed E-state index contributed by atoms with van der Waals surface area (Å²) in [5.74, 6) is 0.177. The van der Waals surface area contributed by atoms with Crippen LogP contribution >= 0.6 is 12.4 Å². The molecule has 1 aromatic rings. The van der Waals surface area contributed by atoms with Crippen LogP contribution in [0.4, 0.5) is 4.79 Å². The number of likely N-dealkylation sites (N-methyl/N-ethyl adjacent to an activating group) is 2. The Bertz CT molecular complexity index is 739. The zero-order valence-corrected chi connectivity index (χ0v) is 21.1. The Morgan fingerprint density at radius 3 is 2.15 bits per heavy atom. The number of halogens is 1. The summed E-state index contributed by atoms with van der Waals surface area (Å²) in [7, 11) is 7.03. The number of likely N-dealkylation sites (tertiary alicyclic amines) is 1. The van der Waals surface area contributed by atoms with Crippen molar-refractivity contribution in [3.05, 3.63) is 35.9 Å². The first-order chi connectivity index (χ1) is 15.3. The molecule has 186 valence electrons. The molecule has 2 aliphatic rings. The maximum Gasteiger partial charge on any atom is 0.410 e. The number of hydrogen-bond donors (Lipinski definition) is 1. The van der Waals surface area contributed by atoms with Gasteiger partial charge in [0.2, 0.25) is 11.8 Å². The number of rotatable bonds is 4. The highest BCUT2D eigenvalue weighted by Gasteiger charge is 2.33. The highest BCUT2D eigenvalue weighted by Crippen LogP contribution is 2.20. The Balaban J connectivity index is 0.000000385. The molecule has 3 amide bonds. The van der Waals surface area contributed by atoms with Crippen LogP contribution in [0.25, 0.3) is 0 Å². The molecule has 0 aliphatic carbocycles. The predicted molar refractivity (Wildman–Crippen MR) is 131 cm³/mol. The van der Waals surface area contributed by atoms with Gasteiger partial charge in [-0.05, 0) is 44.2 Å². The largest absolute Gasteiger partial charge is 0.445 e. The molecule has 0 unspecified atom stereocenters. The lowest BCUT2D eigenvalue weighted by atomic mass is 10.0. The molecule has 0 saturated carbocycles. The fourth-order valence-corrected chi connectivity index (χ4v) is 3.88. The Kier molecular flexibility index (Phi) is 12.8. The lowest BCUT2D eigenvalue weighted by Gasteiger charge is -2.35. The molecule has 2 heterocycles. The van der Waals surface area contributed by atoms with Gasteiger partial charge in [0.25, 0.3) is 0 Å². The average Bonchev–Trinajstić information content (AvgIpc) is 2.83. The molecule has 8 nitrogen and oxygen atoms in total. The number of benzene rings is 1. The first-order valence-electron chi connectivity index (χ1n) is 11.4. The summed E-state index contributed by atoms with van der Waals surface area (Å²) >= 11 is 0. The minimum atomic E-state index is -0.404. The summed E-state index contributed by atoms with van der Waals surface area (Å²) in [6.07, 6.45) is 5.56. The number of nitrogens with one attached hydrogen (secondary N) is 1. The van der Waals surface area contributed by atoms with Gasteiger partial charge in [0.15, 0.2) is 0 Å². The zero-order chi connectivity index (χ0) is 23.5. The Morgan fingerprint density at radius 1 is 0.939 bits per heavy atom. The van der Waals surface area contributed by atoms with E-state index in [4.69, 9.17) is 4.74 Å². The summed E-state index contributed by atoms with van der Waals surface area (Å²) in [6, 6.07) is 9.24. The van der Waals surface area contributed by atoms with Gasteiger partial charge < -0.3 is 19.9 Å². The highest BCUT2D eigenvalue weighted by molar-refractivity contribution is 5.86. The Morgan fingerprint density at radius 2 is 1.58 bits per heavy atom. The summed E-state index contributed by atoms with van der Waals surface area (Å²) in [5.41, 5.74) is 0.943. The predicted octanol–water partition coefficient (Wildman–Crippen LogP) is 2.90. The van der Waals surface area contributed by atoms with E-state index in [9.17, 15) is 14.4 Å². The molecule has 0 bridgehead atoms. The Hall–Kier alpha value is -2.32. The first kappa shape index (κ1) is 28.7. The minimum absolute atomic E-state index is 0. The van der Waals surface area contributed by atoms with E-state index in [1.54, 1.807) is 38.0 Å². The van der Waals surface area contributed by atoms with E-state index in [1.807, 2.05) is 30.3 Å². The lowest BCUT2D eigenvalue weighted by Crippen LogP contribution is -2.51. The standard InChI is InChI=1S/C16H22N2O3.C8H16N2O.ClH/c1-17(2)15(19)14-10-6-7-11-18(14)16(20)21-12-13-8-4-3-5-9-13;1-10(2)8(11)7-5-3-4-6-9-7;/h3-5,8-9,14H,6-7,10-12H2,1-2H3;7,9H,3-6H2,1-2H3;1H/t14-;7-;/m00./s1. The van der Waals surface area contributed by atoms with Crippen LogP contribution in [0.1, 0.15) is 44.1 Å². The zero-order valence-electron chi connectivity index (χ0n) is 20.3. The van der Waals surface area contributed by atoms with Gasteiger partial charge in [0, 0.05) is 34.7 Å². The van der Waals surface area contributed by atoms with Gasteiger partial charge in [-0.2, -0.15) is 0 Å². The number of carbonyl (C=O) groups is 3. The van der Waals surface area contributed by atoms with Crippen molar-refractivity contribution >= 4 is 30.3 Å². The van der Waals surface area contributed by atoms with Gasteiger partial charge in [-0.15, -0.1) is 12.4 Å². The topological polar surface area (TPSA) is 82.2 Å². The van der Waals surface area contributed by atoms with Gasteiger partial charge in [0.1, 0.15) is 12.6 Å². The molecule has 3 rings (SSSR count).